The number of hydrogen-bond donors (Lipinski definition) is 1. The predicted molar refractivity (Wildman–Crippen MR) is 91.5 cm³/mol. The molecule has 0 aromatic carbocycles. The molecule has 2 rings (SSSR count). The van der Waals surface area contributed by atoms with Crippen LogP contribution < -0.4 is 5.32 Å². The molecule has 126 valence electrons. The molecule has 0 aromatic heterocycles. The second kappa shape index (κ2) is 8.62. The zero-order valence-electron chi connectivity index (χ0n) is 13.9. The highest BCUT2D eigenvalue weighted by molar-refractivity contribution is 7.99. The first-order valence-corrected chi connectivity index (χ1v) is 9.33. The molecule has 1 N–H and O–H groups in total. The molecule has 6 nitrogen and oxygen atoms in total. The summed E-state index contributed by atoms with van der Waals surface area (Å²) in [6.45, 7) is 6.97. The van der Waals surface area contributed by atoms with Crippen molar-refractivity contribution < 1.29 is 9.53 Å². The maximum absolute atomic E-state index is 12.3. The third kappa shape index (κ3) is 4.52. The van der Waals surface area contributed by atoms with E-state index in [1.807, 2.05) is 23.7 Å². The Labute approximate surface area is 137 Å². The summed E-state index contributed by atoms with van der Waals surface area (Å²) in [5.74, 6) is 1.10. The monoisotopic (exact) mass is 328 g/mol. The van der Waals surface area contributed by atoms with Gasteiger partial charge in [0.25, 0.3) is 5.91 Å². The van der Waals surface area contributed by atoms with Gasteiger partial charge in [0, 0.05) is 51.6 Å². The lowest BCUT2D eigenvalue weighted by Crippen LogP contribution is -2.55. The molecule has 1 amide bonds. The van der Waals surface area contributed by atoms with Crippen LogP contribution in [-0.4, -0.2) is 85.7 Å². The Morgan fingerprint density at radius 3 is 2.59 bits per heavy atom. The first-order valence-electron chi connectivity index (χ1n) is 8.04. The van der Waals surface area contributed by atoms with E-state index < -0.39 is 0 Å². The molecular formula is C15H28N4O2S. The summed E-state index contributed by atoms with van der Waals surface area (Å²) >= 11 is 1.84. The fourth-order valence-electron chi connectivity index (χ4n) is 2.77. The molecule has 2 aliphatic heterocycles. The Kier molecular flexibility index (Phi) is 6.82. The lowest BCUT2D eigenvalue weighted by molar-refractivity contribution is -0.142. The maximum atomic E-state index is 12.3. The van der Waals surface area contributed by atoms with Crippen LogP contribution in [0.3, 0.4) is 0 Å². The molecule has 2 heterocycles. The molecule has 0 saturated carbocycles. The molecule has 0 spiro atoms. The number of guanidine groups is 1. The lowest BCUT2D eigenvalue weighted by atomic mass is 10.2. The van der Waals surface area contributed by atoms with Gasteiger partial charge in [-0.15, -0.1) is 0 Å². The van der Waals surface area contributed by atoms with Crippen LogP contribution in [0.4, 0.5) is 0 Å². The molecule has 0 aliphatic carbocycles. The first-order chi connectivity index (χ1) is 10.7. The zero-order chi connectivity index (χ0) is 15.9. The Morgan fingerprint density at radius 2 is 2.05 bits per heavy atom. The van der Waals surface area contributed by atoms with Crippen LogP contribution in [0.5, 0.6) is 0 Å². The summed E-state index contributed by atoms with van der Waals surface area (Å²) in [6.07, 6.45) is 3.78. The van der Waals surface area contributed by atoms with Crippen LogP contribution in [0.2, 0.25) is 0 Å². The molecule has 2 unspecified atom stereocenters. The largest absolute Gasteiger partial charge is 0.368 e. The minimum Gasteiger partial charge on any atom is -0.368 e. The van der Waals surface area contributed by atoms with Crippen molar-refractivity contribution in [1.29, 1.82) is 0 Å². The van der Waals surface area contributed by atoms with Crippen molar-refractivity contribution in [3.63, 3.8) is 0 Å². The van der Waals surface area contributed by atoms with E-state index in [4.69, 9.17) is 4.74 Å². The van der Waals surface area contributed by atoms with E-state index in [-0.39, 0.29) is 12.0 Å². The summed E-state index contributed by atoms with van der Waals surface area (Å²) < 4.78 is 5.50. The number of amides is 1. The van der Waals surface area contributed by atoms with Crippen molar-refractivity contribution in [2.24, 2.45) is 4.99 Å². The average molecular weight is 328 g/mol. The van der Waals surface area contributed by atoms with Crippen molar-refractivity contribution >= 4 is 23.6 Å². The maximum Gasteiger partial charge on any atom is 0.251 e. The molecule has 7 heteroatoms. The van der Waals surface area contributed by atoms with Gasteiger partial charge in [0.05, 0.1) is 0 Å². The van der Waals surface area contributed by atoms with Crippen molar-refractivity contribution in [2.75, 3.05) is 52.6 Å². The topological polar surface area (TPSA) is 57.2 Å². The van der Waals surface area contributed by atoms with Gasteiger partial charge >= 0.3 is 0 Å². The Morgan fingerprint density at radius 1 is 1.36 bits per heavy atom. The van der Waals surface area contributed by atoms with Gasteiger partial charge in [-0.2, -0.15) is 11.8 Å². The molecular weight excluding hydrogens is 300 g/mol. The summed E-state index contributed by atoms with van der Waals surface area (Å²) in [7, 11) is 1.82. The fraction of sp³-hybridized carbons (Fsp3) is 0.867. The molecule has 22 heavy (non-hydrogen) atoms. The molecule has 2 fully saturated rings. The van der Waals surface area contributed by atoms with Crippen molar-refractivity contribution in [3.8, 4) is 0 Å². The first kappa shape index (κ1) is 17.4. The number of aliphatic imine (C=N–C) groups is 1. The lowest BCUT2D eigenvalue weighted by Gasteiger charge is -2.37. The van der Waals surface area contributed by atoms with Crippen LogP contribution in [-0.2, 0) is 9.53 Å². The number of carbonyl (C=O) groups excluding carboxylic acids is 1. The number of piperazine rings is 1. The van der Waals surface area contributed by atoms with E-state index in [9.17, 15) is 4.79 Å². The minimum absolute atomic E-state index is 0.163. The molecule has 2 atom stereocenters. The third-order valence-electron chi connectivity index (χ3n) is 4.26. The predicted octanol–water partition coefficient (Wildman–Crippen LogP) is 0.637. The van der Waals surface area contributed by atoms with E-state index in [1.54, 1.807) is 0 Å². The highest BCUT2D eigenvalue weighted by atomic mass is 32.2. The Balaban J connectivity index is 1.78. The zero-order valence-corrected chi connectivity index (χ0v) is 14.7. The quantitative estimate of drug-likeness (QED) is 0.606. The van der Waals surface area contributed by atoms with Gasteiger partial charge in [0.2, 0.25) is 0 Å². The van der Waals surface area contributed by atoms with Crippen molar-refractivity contribution in [1.82, 2.24) is 15.1 Å². The van der Waals surface area contributed by atoms with E-state index in [1.165, 1.54) is 0 Å². The molecule has 0 aromatic rings. The number of carbonyl (C=O) groups is 1. The summed E-state index contributed by atoms with van der Waals surface area (Å²) in [5.41, 5.74) is 0. The molecule has 0 radical (unpaired) electrons. The van der Waals surface area contributed by atoms with Gasteiger partial charge in [-0.3, -0.25) is 9.79 Å². The summed E-state index contributed by atoms with van der Waals surface area (Å²) in [4.78, 5) is 20.9. The third-order valence-corrected chi connectivity index (χ3v) is 5.23. The summed E-state index contributed by atoms with van der Waals surface area (Å²) in [6, 6.07) is 0. The SMILES string of the molecule is CN=C(NCC(C)SC)N1CCN(C(=O)C2CCCO2)CC1. The smallest absolute Gasteiger partial charge is 0.251 e. The van der Waals surface area contributed by atoms with E-state index in [0.29, 0.717) is 5.25 Å². The molecule has 2 saturated heterocycles. The average Bonchev–Trinajstić information content (AvgIpc) is 3.09. The number of ether oxygens (including phenoxy) is 1. The van der Waals surface area contributed by atoms with E-state index >= 15 is 0 Å². The Bertz CT molecular complexity index is 391. The van der Waals surface area contributed by atoms with Crippen LogP contribution >= 0.6 is 11.8 Å². The van der Waals surface area contributed by atoms with Crippen molar-refractivity contribution in [3.05, 3.63) is 0 Å². The number of hydrogen-bond acceptors (Lipinski definition) is 4. The summed E-state index contributed by atoms with van der Waals surface area (Å²) in [5, 5.41) is 3.97. The molecule has 2 aliphatic rings. The van der Waals surface area contributed by atoms with Crippen molar-refractivity contribution in [2.45, 2.75) is 31.1 Å². The number of nitrogens with zero attached hydrogens (tertiary/aromatic N) is 3. The highest BCUT2D eigenvalue weighted by Gasteiger charge is 2.30. The normalized spacial score (nSPS) is 24.5. The molecule has 0 bridgehead atoms. The number of nitrogens with one attached hydrogen (secondary N) is 1. The number of thioether (sulfide) groups is 1. The van der Waals surface area contributed by atoms with E-state index in [2.05, 4.69) is 28.4 Å². The van der Waals surface area contributed by atoms with Crippen LogP contribution in [0.15, 0.2) is 4.99 Å². The second-order valence-corrected chi connectivity index (χ2v) is 7.06. The van der Waals surface area contributed by atoms with Crippen LogP contribution in [0, 0.1) is 0 Å². The van der Waals surface area contributed by atoms with Crippen LogP contribution in [0.1, 0.15) is 19.8 Å². The standard InChI is InChI=1S/C15H28N4O2S/c1-12(22-3)11-17-15(16-2)19-8-6-18(7-9-19)14(20)13-5-4-10-21-13/h12-13H,4-11H2,1-3H3,(H,16,17). The second-order valence-electron chi connectivity index (χ2n) is 5.79. The minimum atomic E-state index is -0.202. The Hall–Kier alpha value is -0.950. The van der Waals surface area contributed by atoms with Gasteiger partial charge in [-0.1, -0.05) is 6.92 Å². The van der Waals surface area contributed by atoms with Gasteiger partial charge in [-0.25, -0.2) is 0 Å². The van der Waals surface area contributed by atoms with E-state index in [0.717, 1.165) is 58.1 Å². The van der Waals surface area contributed by atoms with Gasteiger partial charge in [-0.05, 0) is 19.1 Å². The van der Waals surface area contributed by atoms with Gasteiger partial charge < -0.3 is 19.9 Å². The van der Waals surface area contributed by atoms with Crippen LogP contribution in [0.25, 0.3) is 0 Å². The fourth-order valence-corrected chi connectivity index (χ4v) is 3.02. The van der Waals surface area contributed by atoms with Gasteiger partial charge in [0.1, 0.15) is 6.10 Å². The highest BCUT2D eigenvalue weighted by Crippen LogP contribution is 2.16. The number of rotatable bonds is 4. The van der Waals surface area contributed by atoms with Gasteiger partial charge in [0.15, 0.2) is 5.96 Å².